The molecule has 0 aromatic heterocycles. The van der Waals surface area contributed by atoms with Crippen molar-refractivity contribution in [2.45, 2.75) is 6.61 Å². The highest BCUT2D eigenvalue weighted by Crippen LogP contribution is 2.38. The molecule has 0 saturated carbocycles. The van der Waals surface area contributed by atoms with Gasteiger partial charge in [-0.25, -0.2) is 9.69 Å². The molecule has 0 radical (unpaired) electrons. The van der Waals surface area contributed by atoms with E-state index in [1.54, 1.807) is 36.4 Å². The molecule has 0 aliphatic carbocycles. The lowest BCUT2D eigenvalue weighted by molar-refractivity contribution is -0.122. The Kier molecular flexibility index (Phi) is 7.00. The van der Waals surface area contributed by atoms with Gasteiger partial charge in [0.1, 0.15) is 12.2 Å². The SMILES string of the molecule is COc1cc(/C=C2\C(=O)NC(=O)N(c3ccc(Br)cc3)C2=O)cc(Cl)c1OCc1ccccc1. The predicted molar refractivity (Wildman–Crippen MR) is 132 cm³/mol. The van der Waals surface area contributed by atoms with E-state index in [-0.39, 0.29) is 17.2 Å². The Hall–Kier alpha value is -3.62. The van der Waals surface area contributed by atoms with Crippen LogP contribution in [0.5, 0.6) is 11.5 Å². The molecule has 1 heterocycles. The fourth-order valence-electron chi connectivity index (χ4n) is 3.34. The average Bonchev–Trinajstić information content (AvgIpc) is 2.82. The zero-order valence-corrected chi connectivity index (χ0v) is 20.2. The van der Waals surface area contributed by atoms with E-state index in [0.29, 0.717) is 22.7 Å². The number of halogens is 2. The molecular weight excluding hydrogens is 524 g/mol. The van der Waals surface area contributed by atoms with Gasteiger partial charge in [-0.2, -0.15) is 0 Å². The van der Waals surface area contributed by atoms with E-state index in [9.17, 15) is 14.4 Å². The summed E-state index contributed by atoms with van der Waals surface area (Å²) < 4.78 is 12.1. The molecule has 34 heavy (non-hydrogen) atoms. The van der Waals surface area contributed by atoms with E-state index < -0.39 is 17.8 Å². The van der Waals surface area contributed by atoms with Crippen molar-refractivity contribution in [2.24, 2.45) is 0 Å². The first-order chi connectivity index (χ1) is 16.4. The summed E-state index contributed by atoms with van der Waals surface area (Å²) in [6.07, 6.45) is 1.35. The molecule has 3 aromatic rings. The number of carbonyl (C=O) groups excluding carboxylic acids is 3. The molecule has 9 heteroatoms. The lowest BCUT2D eigenvalue weighted by Gasteiger charge is -2.26. The highest BCUT2D eigenvalue weighted by atomic mass is 79.9. The second kappa shape index (κ2) is 10.1. The molecule has 0 atom stereocenters. The summed E-state index contributed by atoms with van der Waals surface area (Å²) in [5, 5.41) is 2.44. The smallest absolute Gasteiger partial charge is 0.335 e. The van der Waals surface area contributed by atoms with Gasteiger partial charge in [0.15, 0.2) is 11.5 Å². The van der Waals surface area contributed by atoms with E-state index in [2.05, 4.69) is 21.2 Å². The van der Waals surface area contributed by atoms with E-state index in [1.165, 1.54) is 13.2 Å². The summed E-state index contributed by atoms with van der Waals surface area (Å²) in [5.41, 5.74) is 1.48. The molecule has 7 nitrogen and oxygen atoms in total. The minimum atomic E-state index is -0.824. The van der Waals surface area contributed by atoms with Gasteiger partial charge < -0.3 is 9.47 Å². The van der Waals surface area contributed by atoms with Crippen LogP contribution in [0.3, 0.4) is 0 Å². The quantitative estimate of drug-likeness (QED) is 0.336. The summed E-state index contributed by atoms with van der Waals surface area (Å²) in [6.45, 7) is 0.280. The van der Waals surface area contributed by atoms with E-state index in [1.807, 2.05) is 30.3 Å². The van der Waals surface area contributed by atoms with Gasteiger partial charge in [0.05, 0.1) is 17.8 Å². The van der Waals surface area contributed by atoms with Crippen molar-refractivity contribution in [3.8, 4) is 11.5 Å². The van der Waals surface area contributed by atoms with Crippen LogP contribution in [0.2, 0.25) is 5.02 Å². The van der Waals surface area contributed by atoms with Gasteiger partial charge in [0.2, 0.25) is 0 Å². The minimum Gasteiger partial charge on any atom is -0.493 e. The third kappa shape index (κ3) is 4.98. The van der Waals surface area contributed by atoms with Crippen LogP contribution in [-0.4, -0.2) is 25.0 Å². The number of amides is 4. The van der Waals surface area contributed by atoms with Gasteiger partial charge in [0, 0.05) is 4.47 Å². The Balaban J connectivity index is 1.64. The Morgan fingerprint density at radius 1 is 1.03 bits per heavy atom. The lowest BCUT2D eigenvalue weighted by Crippen LogP contribution is -2.54. The fourth-order valence-corrected chi connectivity index (χ4v) is 3.88. The molecule has 1 fully saturated rings. The van der Waals surface area contributed by atoms with Crippen molar-refractivity contribution in [1.29, 1.82) is 0 Å². The second-order valence-corrected chi connectivity index (χ2v) is 8.57. The molecule has 1 saturated heterocycles. The summed E-state index contributed by atoms with van der Waals surface area (Å²) in [5.74, 6) is -0.889. The molecule has 0 spiro atoms. The molecule has 4 rings (SSSR count). The highest BCUT2D eigenvalue weighted by molar-refractivity contribution is 9.10. The van der Waals surface area contributed by atoms with Crippen LogP contribution >= 0.6 is 27.5 Å². The predicted octanol–water partition coefficient (Wildman–Crippen LogP) is 5.36. The third-order valence-corrected chi connectivity index (χ3v) is 5.78. The number of nitrogens with one attached hydrogen (secondary N) is 1. The summed E-state index contributed by atoms with van der Waals surface area (Å²) in [6, 6.07) is 18.4. The maximum absolute atomic E-state index is 13.1. The van der Waals surface area contributed by atoms with Gasteiger partial charge in [0.25, 0.3) is 11.8 Å². The topological polar surface area (TPSA) is 84.9 Å². The Labute approximate surface area is 209 Å². The Bertz CT molecular complexity index is 1290. The van der Waals surface area contributed by atoms with Crippen molar-refractivity contribution in [1.82, 2.24) is 5.32 Å². The van der Waals surface area contributed by atoms with Crippen LogP contribution in [-0.2, 0) is 16.2 Å². The number of hydrogen-bond acceptors (Lipinski definition) is 5. The van der Waals surface area contributed by atoms with Gasteiger partial charge >= 0.3 is 6.03 Å². The number of hydrogen-bond donors (Lipinski definition) is 1. The molecule has 1 aliphatic heterocycles. The number of anilines is 1. The van der Waals surface area contributed by atoms with Crippen LogP contribution in [0.15, 0.2) is 76.8 Å². The van der Waals surface area contributed by atoms with E-state index >= 15 is 0 Å². The zero-order valence-electron chi connectivity index (χ0n) is 17.9. The molecular formula is C25H18BrClN2O5. The Morgan fingerprint density at radius 3 is 2.41 bits per heavy atom. The normalized spacial score (nSPS) is 14.9. The van der Waals surface area contributed by atoms with E-state index in [4.69, 9.17) is 21.1 Å². The third-order valence-electron chi connectivity index (χ3n) is 4.98. The molecule has 0 bridgehead atoms. The number of rotatable bonds is 6. The summed E-state index contributed by atoms with van der Waals surface area (Å²) in [4.78, 5) is 38.8. The van der Waals surface area contributed by atoms with Crippen molar-refractivity contribution in [3.05, 3.63) is 92.9 Å². The summed E-state index contributed by atoms with van der Waals surface area (Å²) in [7, 11) is 1.46. The number of methoxy groups -OCH3 is 1. The first-order valence-electron chi connectivity index (χ1n) is 10.1. The number of nitrogens with zero attached hydrogens (tertiary/aromatic N) is 1. The van der Waals surface area contributed by atoms with Gasteiger partial charge in [-0.3, -0.25) is 14.9 Å². The van der Waals surface area contributed by atoms with Crippen LogP contribution < -0.4 is 19.7 Å². The number of urea groups is 1. The van der Waals surface area contributed by atoms with Crippen LogP contribution in [0.1, 0.15) is 11.1 Å². The molecule has 172 valence electrons. The van der Waals surface area contributed by atoms with Gasteiger partial charge in [-0.15, -0.1) is 0 Å². The van der Waals surface area contributed by atoms with Gasteiger partial charge in [-0.1, -0.05) is 57.9 Å². The van der Waals surface area contributed by atoms with Crippen LogP contribution in [0.25, 0.3) is 6.08 Å². The van der Waals surface area contributed by atoms with Crippen molar-refractivity contribution in [3.63, 3.8) is 0 Å². The molecule has 3 aromatic carbocycles. The monoisotopic (exact) mass is 540 g/mol. The molecule has 0 unspecified atom stereocenters. The van der Waals surface area contributed by atoms with Crippen molar-refractivity contribution >= 4 is 57.1 Å². The van der Waals surface area contributed by atoms with Gasteiger partial charge in [-0.05, 0) is 53.6 Å². The number of benzene rings is 3. The minimum absolute atomic E-state index is 0.224. The molecule has 4 amide bonds. The summed E-state index contributed by atoms with van der Waals surface area (Å²) >= 11 is 9.76. The average molecular weight is 542 g/mol. The maximum atomic E-state index is 13.1. The number of carbonyl (C=O) groups is 3. The van der Waals surface area contributed by atoms with Crippen LogP contribution in [0, 0.1) is 0 Å². The number of ether oxygens (including phenoxy) is 2. The highest BCUT2D eigenvalue weighted by Gasteiger charge is 2.36. The van der Waals surface area contributed by atoms with E-state index in [0.717, 1.165) is 14.9 Å². The van der Waals surface area contributed by atoms with Crippen molar-refractivity contribution < 1.29 is 23.9 Å². The molecule has 1 aliphatic rings. The second-order valence-electron chi connectivity index (χ2n) is 7.24. The zero-order chi connectivity index (χ0) is 24.2. The first-order valence-corrected chi connectivity index (χ1v) is 11.3. The van der Waals surface area contributed by atoms with Crippen LogP contribution in [0.4, 0.5) is 10.5 Å². The standard InChI is InChI=1S/C25H18BrClN2O5/c1-33-21-13-16(12-20(27)22(21)34-14-15-5-3-2-4-6-15)11-19-23(30)28-25(32)29(24(19)31)18-9-7-17(26)8-10-18/h2-13H,14H2,1H3,(H,28,30,32)/b19-11+. The first kappa shape index (κ1) is 23.5. The fraction of sp³-hybridized carbons (Fsp3) is 0.0800. The Morgan fingerprint density at radius 2 is 1.74 bits per heavy atom. The lowest BCUT2D eigenvalue weighted by atomic mass is 10.1. The maximum Gasteiger partial charge on any atom is 0.335 e. The number of barbiturate groups is 1. The largest absolute Gasteiger partial charge is 0.493 e. The van der Waals surface area contributed by atoms with Crippen molar-refractivity contribution in [2.75, 3.05) is 12.0 Å². The molecule has 1 N–H and O–H groups in total. The number of imide groups is 2.